The Bertz CT molecular complexity index is 217. The molecular weight excluding hydrogens is 196 g/mol. The smallest absolute Gasteiger partial charge is 0.334 e. The van der Waals surface area contributed by atoms with Crippen LogP contribution in [0.2, 0.25) is 0 Å². The lowest BCUT2D eigenvalue weighted by molar-refractivity contribution is -0.152. The van der Waals surface area contributed by atoms with Crippen LogP contribution >= 0.6 is 0 Å². The normalized spacial score (nSPS) is 14.4. The van der Waals surface area contributed by atoms with Gasteiger partial charge in [0.15, 0.2) is 6.23 Å². The van der Waals surface area contributed by atoms with Gasteiger partial charge in [-0.15, -0.1) is 0 Å². The molecule has 88 valence electrons. The minimum Gasteiger partial charge on any atom is -0.440 e. The van der Waals surface area contributed by atoms with Gasteiger partial charge in [0.1, 0.15) is 6.10 Å². The Labute approximate surface area is 90.3 Å². The zero-order valence-electron chi connectivity index (χ0n) is 9.32. The molecule has 2 atom stereocenters. The van der Waals surface area contributed by atoms with E-state index in [0.717, 1.165) is 6.42 Å². The first-order valence-electron chi connectivity index (χ1n) is 4.97. The van der Waals surface area contributed by atoms with E-state index in [0.29, 0.717) is 18.7 Å². The topological polar surface area (TPSA) is 84.6 Å². The predicted molar refractivity (Wildman–Crippen MR) is 58.0 cm³/mol. The average molecular weight is 216 g/mol. The summed E-state index contributed by atoms with van der Waals surface area (Å²) in [5.41, 5.74) is 5.62. The van der Waals surface area contributed by atoms with E-state index in [1.807, 2.05) is 0 Å². The molecule has 0 radical (unpaired) electrons. The fourth-order valence-electron chi connectivity index (χ4n) is 0.873. The first-order valence-corrected chi connectivity index (χ1v) is 4.97. The zero-order chi connectivity index (χ0) is 11.8. The molecule has 0 aliphatic rings. The molecule has 0 saturated carbocycles. The van der Waals surface area contributed by atoms with Crippen molar-refractivity contribution >= 4 is 5.97 Å². The monoisotopic (exact) mass is 216 g/mol. The van der Waals surface area contributed by atoms with E-state index in [-0.39, 0.29) is 0 Å². The molecule has 0 amide bonds. The average Bonchev–Trinajstić information content (AvgIpc) is 2.15. The fourth-order valence-corrected chi connectivity index (χ4v) is 0.873. The van der Waals surface area contributed by atoms with Gasteiger partial charge in [-0.1, -0.05) is 6.58 Å². The SMILES string of the molecule is C=C(C)C(=O)OC(NCCCN)C(C)O. The second-order valence-corrected chi connectivity index (χ2v) is 3.44. The third-order valence-electron chi connectivity index (χ3n) is 1.75. The van der Waals surface area contributed by atoms with Crippen molar-refractivity contribution in [2.24, 2.45) is 5.73 Å². The van der Waals surface area contributed by atoms with Crippen molar-refractivity contribution in [3.8, 4) is 0 Å². The summed E-state index contributed by atoms with van der Waals surface area (Å²) in [6.07, 6.45) is -0.722. The lowest BCUT2D eigenvalue weighted by atomic mass is 10.3. The van der Waals surface area contributed by atoms with Crippen molar-refractivity contribution < 1.29 is 14.6 Å². The first kappa shape index (κ1) is 14.1. The summed E-state index contributed by atoms with van der Waals surface area (Å²) in [7, 11) is 0. The number of aliphatic hydroxyl groups excluding tert-OH is 1. The summed E-state index contributed by atoms with van der Waals surface area (Å²) >= 11 is 0. The van der Waals surface area contributed by atoms with E-state index in [9.17, 15) is 9.90 Å². The van der Waals surface area contributed by atoms with Crippen molar-refractivity contribution in [1.82, 2.24) is 5.32 Å². The van der Waals surface area contributed by atoms with Crippen molar-refractivity contribution in [3.05, 3.63) is 12.2 Å². The van der Waals surface area contributed by atoms with Gasteiger partial charge in [0.2, 0.25) is 0 Å². The molecule has 4 N–H and O–H groups in total. The number of rotatable bonds is 7. The number of carbonyl (C=O) groups excluding carboxylic acids is 1. The Kier molecular flexibility index (Phi) is 6.94. The van der Waals surface area contributed by atoms with Crippen LogP contribution in [0.15, 0.2) is 12.2 Å². The molecule has 5 heteroatoms. The number of nitrogens with two attached hydrogens (primary N) is 1. The number of nitrogens with one attached hydrogen (secondary N) is 1. The van der Waals surface area contributed by atoms with Gasteiger partial charge in [-0.05, 0) is 33.4 Å². The molecule has 0 aliphatic heterocycles. The van der Waals surface area contributed by atoms with Crippen molar-refractivity contribution in [2.45, 2.75) is 32.6 Å². The van der Waals surface area contributed by atoms with E-state index >= 15 is 0 Å². The number of ether oxygens (including phenoxy) is 1. The summed E-state index contributed by atoms with van der Waals surface area (Å²) in [6.45, 7) is 7.71. The molecule has 0 aromatic heterocycles. The minimum atomic E-state index is -0.772. The van der Waals surface area contributed by atoms with Crippen LogP contribution in [0.4, 0.5) is 0 Å². The van der Waals surface area contributed by atoms with Gasteiger partial charge in [0, 0.05) is 5.57 Å². The van der Waals surface area contributed by atoms with Gasteiger partial charge in [-0.3, -0.25) is 5.32 Å². The quantitative estimate of drug-likeness (QED) is 0.236. The number of hydrogen-bond donors (Lipinski definition) is 3. The third kappa shape index (κ3) is 6.22. The molecule has 2 unspecified atom stereocenters. The molecule has 0 aromatic rings. The predicted octanol–water partition coefficient (Wildman–Crippen LogP) is -0.249. The maximum atomic E-state index is 11.2. The lowest BCUT2D eigenvalue weighted by Crippen LogP contribution is -2.43. The number of esters is 1. The molecule has 0 heterocycles. The van der Waals surface area contributed by atoms with Crippen LogP contribution in [0.25, 0.3) is 0 Å². The van der Waals surface area contributed by atoms with E-state index < -0.39 is 18.3 Å². The summed E-state index contributed by atoms with van der Waals surface area (Å²) < 4.78 is 4.98. The van der Waals surface area contributed by atoms with Crippen LogP contribution in [-0.2, 0) is 9.53 Å². The van der Waals surface area contributed by atoms with Gasteiger partial charge >= 0.3 is 5.97 Å². The lowest BCUT2D eigenvalue weighted by Gasteiger charge is -2.21. The zero-order valence-corrected chi connectivity index (χ0v) is 9.32. The van der Waals surface area contributed by atoms with Gasteiger partial charge in [0.05, 0.1) is 0 Å². The number of carbonyl (C=O) groups is 1. The highest BCUT2D eigenvalue weighted by atomic mass is 16.6. The molecule has 0 aliphatic carbocycles. The Balaban J connectivity index is 4.04. The molecule has 0 spiro atoms. The Morgan fingerprint density at radius 3 is 2.67 bits per heavy atom. The largest absolute Gasteiger partial charge is 0.440 e. The first-order chi connectivity index (χ1) is 6.99. The van der Waals surface area contributed by atoms with Crippen LogP contribution in [0, 0.1) is 0 Å². The fraction of sp³-hybridized carbons (Fsp3) is 0.700. The van der Waals surface area contributed by atoms with Gasteiger partial charge in [-0.25, -0.2) is 4.79 Å². The van der Waals surface area contributed by atoms with Crippen LogP contribution in [0.1, 0.15) is 20.3 Å². The maximum absolute atomic E-state index is 11.2. The second kappa shape index (κ2) is 7.39. The van der Waals surface area contributed by atoms with Crippen molar-refractivity contribution in [2.75, 3.05) is 13.1 Å². The summed E-state index contributed by atoms with van der Waals surface area (Å²) in [6, 6.07) is 0. The van der Waals surface area contributed by atoms with E-state index in [1.54, 1.807) is 13.8 Å². The summed E-state index contributed by atoms with van der Waals surface area (Å²) in [5.74, 6) is -0.513. The van der Waals surface area contributed by atoms with Crippen molar-refractivity contribution in [1.29, 1.82) is 0 Å². The third-order valence-corrected chi connectivity index (χ3v) is 1.75. The maximum Gasteiger partial charge on any atom is 0.334 e. The Morgan fingerprint density at radius 1 is 1.67 bits per heavy atom. The number of hydrogen-bond acceptors (Lipinski definition) is 5. The number of aliphatic hydroxyl groups is 1. The molecule has 15 heavy (non-hydrogen) atoms. The molecule has 0 rings (SSSR count). The Morgan fingerprint density at radius 2 is 2.27 bits per heavy atom. The van der Waals surface area contributed by atoms with Gasteiger partial charge < -0.3 is 15.6 Å². The van der Waals surface area contributed by atoms with E-state index in [1.165, 1.54) is 0 Å². The standard InChI is InChI=1S/C10H20N2O3/c1-7(2)10(14)15-9(8(3)13)12-6-4-5-11/h8-9,12-13H,1,4-6,11H2,2-3H3. The van der Waals surface area contributed by atoms with Crippen LogP contribution < -0.4 is 11.1 Å². The Hall–Kier alpha value is -0.910. The highest BCUT2D eigenvalue weighted by Gasteiger charge is 2.18. The van der Waals surface area contributed by atoms with Gasteiger partial charge in [-0.2, -0.15) is 0 Å². The van der Waals surface area contributed by atoms with Crippen LogP contribution in [0.5, 0.6) is 0 Å². The molecule has 0 aromatic carbocycles. The van der Waals surface area contributed by atoms with E-state index in [2.05, 4.69) is 11.9 Å². The van der Waals surface area contributed by atoms with E-state index in [4.69, 9.17) is 10.5 Å². The second-order valence-electron chi connectivity index (χ2n) is 3.44. The summed E-state index contributed by atoms with van der Waals surface area (Å²) in [4.78, 5) is 11.2. The van der Waals surface area contributed by atoms with Gasteiger partial charge in [0.25, 0.3) is 0 Å². The van der Waals surface area contributed by atoms with Crippen LogP contribution in [0.3, 0.4) is 0 Å². The molecule has 0 bridgehead atoms. The molecular formula is C10H20N2O3. The molecule has 0 saturated heterocycles. The molecule has 0 fully saturated rings. The minimum absolute atomic E-state index is 0.307. The van der Waals surface area contributed by atoms with Crippen LogP contribution in [-0.4, -0.2) is 36.5 Å². The highest BCUT2D eigenvalue weighted by Crippen LogP contribution is 2.00. The summed E-state index contributed by atoms with van der Waals surface area (Å²) in [5, 5.41) is 12.2. The highest BCUT2D eigenvalue weighted by molar-refractivity contribution is 5.87. The molecule has 5 nitrogen and oxygen atoms in total. The van der Waals surface area contributed by atoms with Crippen molar-refractivity contribution in [3.63, 3.8) is 0 Å².